The average molecular weight is 223 g/mol. The Kier molecular flexibility index (Phi) is 5.00. The molecule has 0 aliphatic carbocycles. The van der Waals surface area contributed by atoms with Crippen LogP contribution in [-0.2, 0) is 6.54 Å². The zero-order valence-electron chi connectivity index (χ0n) is 11.2. The van der Waals surface area contributed by atoms with Crippen LogP contribution in [0.3, 0.4) is 0 Å². The molecule has 1 heterocycles. The number of imidazole rings is 1. The lowest BCUT2D eigenvalue weighted by molar-refractivity contribution is 0.358. The predicted octanol–water partition coefficient (Wildman–Crippen LogP) is 2.99. The zero-order valence-corrected chi connectivity index (χ0v) is 11.2. The van der Waals surface area contributed by atoms with E-state index in [0.29, 0.717) is 18.0 Å². The van der Waals surface area contributed by atoms with Crippen LogP contribution >= 0.6 is 0 Å². The summed E-state index contributed by atoms with van der Waals surface area (Å²) in [4.78, 5) is 4.26. The molecule has 1 N–H and O–H groups in total. The lowest BCUT2D eigenvalue weighted by Crippen LogP contribution is -2.25. The zero-order chi connectivity index (χ0) is 12.1. The van der Waals surface area contributed by atoms with Crippen LogP contribution in [0.4, 0.5) is 0 Å². The van der Waals surface area contributed by atoms with E-state index in [1.165, 1.54) is 12.1 Å². The maximum absolute atomic E-state index is 4.26. The summed E-state index contributed by atoms with van der Waals surface area (Å²) < 4.78 is 2.30. The van der Waals surface area contributed by atoms with E-state index < -0.39 is 0 Å². The van der Waals surface area contributed by atoms with Crippen LogP contribution in [0.25, 0.3) is 0 Å². The maximum atomic E-state index is 4.26. The third kappa shape index (κ3) is 3.34. The summed E-state index contributed by atoms with van der Waals surface area (Å²) in [6.45, 7) is 12.0. The second-order valence-corrected chi connectivity index (χ2v) is 4.95. The molecule has 0 saturated heterocycles. The smallest absolute Gasteiger partial charge is 0.0951 e. The molecule has 16 heavy (non-hydrogen) atoms. The Morgan fingerprint density at radius 1 is 1.31 bits per heavy atom. The van der Waals surface area contributed by atoms with E-state index in [-0.39, 0.29) is 0 Å². The van der Waals surface area contributed by atoms with Crippen LogP contribution < -0.4 is 5.32 Å². The van der Waals surface area contributed by atoms with Crippen molar-refractivity contribution in [2.45, 2.75) is 59.7 Å². The molecular formula is C13H25N3. The van der Waals surface area contributed by atoms with Crippen molar-refractivity contribution in [3.63, 3.8) is 0 Å². The topological polar surface area (TPSA) is 29.9 Å². The van der Waals surface area contributed by atoms with Crippen LogP contribution in [0, 0.1) is 5.92 Å². The van der Waals surface area contributed by atoms with Crippen molar-refractivity contribution in [1.82, 2.24) is 14.9 Å². The van der Waals surface area contributed by atoms with E-state index >= 15 is 0 Å². The van der Waals surface area contributed by atoms with Crippen molar-refractivity contribution in [2.24, 2.45) is 5.92 Å². The first-order valence-corrected chi connectivity index (χ1v) is 6.30. The molecule has 0 amide bonds. The molecule has 0 bridgehead atoms. The van der Waals surface area contributed by atoms with Gasteiger partial charge in [0.05, 0.1) is 12.0 Å². The van der Waals surface area contributed by atoms with Crippen LogP contribution in [-0.4, -0.2) is 15.6 Å². The first-order chi connectivity index (χ1) is 7.56. The first kappa shape index (κ1) is 13.2. The minimum absolute atomic E-state index is 0.516. The van der Waals surface area contributed by atoms with Crippen LogP contribution in [0.1, 0.15) is 52.8 Å². The Labute approximate surface area is 99.3 Å². The van der Waals surface area contributed by atoms with Gasteiger partial charge in [-0.2, -0.15) is 0 Å². The highest BCUT2D eigenvalue weighted by Crippen LogP contribution is 2.21. The van der Waals surface area contributed by atoms with Crippen molar-refractivity contribution in [3.8, 4) is 0 Å². The molecule has 0 fully saturated rings. The van der Waals surface area contributed by atoms with Gasteiger partial charge in [0, 0.05) is 24.8 Å². The molecule has 0 saturated carbocycles. The quantitative estimate of drug-likeness (QED) is 0.803. The maximum Gasteiger partial charge on any atom is 0.0951 e. The van der Waals surface area contributed by atoms with Gasteiger partial charge in [-0.05, 0) is 12.8 Å². The monoisotopic (exact) mass is 223 g/mol. The van der Waals surface area contributed by atoms with E-state index in [0.717, 1.165) is 6.54 Å². The molecule has 92 valence electrons. The van der Waals surface area contributed by atoms with Crippen molar-refractivity contribution in [2.75, 3.05) is 0 Å². The van der Waals surface area contributed by atoms with Gasteiger partial charge < -0.3 is 9.88 Å². The largest absolute Gasteiger partial charge is 0.330 e. The summed E-state index contributed by atoms with van der Waals surface area (Å²) in [6, 6.07) is 1.04. The summed E-state index contributed by atoms with van der Waals surface area (Å²) in [5.74, 6) is 0.687. The number of nitrogens with one attached hydrogen (secondary N) is 1. The number of aromatic nitrogens is 2. The highest BCUT2D eigenvalue weighted by Gasteiger charge is 2.14. The molecule has 1 rings (SSSR count). The van der Waals surface area contributed by atoms with Crippen LogP contribution in [0.15, 0.2) is 12.5 Å². The fourth-order valence-electron chi connectivity index (χ4n) is 1.76. The lowest BCUT2D eigenvalue weighted by Gasteiger charge is -2.22. The fraction of sp³-hybridized carbons (Fsp3) is 0.769. The van der Waals surface area contributed by atoms with Crippen molar-refractivity contribution >= 4 is 0 Å². The van der Waals surface area contributed by atoms with E-state index in [9.17, 15) is 0 Å². The van der Waals surface area contributed by atoms with E-state index in [2.05, 4.69) is 49.5 Å². The van der Waals surface area contributed by atoms with E-state index in [4.69, 9.17) is 0 Å². The van der Waals surface area contributed by atoms with Gasteiger partial charge in [0.15, 0.2) is 0 Å². The number of hydrogen-bond acceptors (Lipinski definition) is 2. The summed E-state index contributed by atoms with van der Waals surface area (Å²) in [6.07, 6.45) is 5.12. The van der Waals surface area contributed by atoms with Gasteiger partial charge in [0.2, 0.25) is 0 Å². The Morgan fingerprint density at radius 3 is 2.56 bits per heavy atom. The normalized spacial score (nSPS) is 15.4. The van der Waals surface area contributed by atoms with Gasteiger partial charge in [-0.25, -0.2) is 4.98 Å². The van der Waals surface area contributed by atoms with Crippen LogP contribution in [0.5, 0.6) is 0 Å². The molecule has 0 aliphatic heterocycles. The summed E-state index contributed by atoms with van der Waals surface area (Å²) in [5.41, 5.74) is 1.28. The minimum Gasteiger partial charge on any atom is -0.330 e. The van der Waals surface area contributed by atoms with Gasteiger partial charge in [-0.3, -0.25) is 0 Å². The summed E-state index contributed by atoms with van der Waals surface area (Å²) in [5, 5.41) is 3.44. The van der Waals surface area contributed by atoms with Crippen molar-refractivity contribution in [3.05, 3.63) is 18.2 Å². The highest BCUT2D eigenvalue weighted by atomic mass is 15.1. The van der Waals surface area contributed by atoms with Gasteiger partial charge >= 0.3 is 0 Å². The molecular weight excluding hydrogens is 198 g/mol. The summed E-state index contributed by atoms with van der Waals surface area (Å²) >= 11 is 0. The Morgan fingerprint density at radius 2 is 2.00 bits per heavy atom. The van der Waals surface area contributed by atoms with Crippen molar-refractivity contribution < 1.29 is 0 Å². The minimum atomic E-state index is 0.516. The van der Waals surface area contributed by atoms with Crippen molar-refractivity contribution in [1.29, 1.82) is 0 Å². The number of rotatable bonds is 6. The van der Waals surface area contributed by atoms with Crippen LogP contribution in [0.2, 0.25) is 0 Å². The average Bonchev–Trinajstić information content (AvgIpc) is 2.72. The fourth-order valence-corrected chi connectivity index (χ4v) is 1.76. The molecule has 1 aromatic heterocycles. The number of nitrogens with zero attached hydrogens (tertiary/aromatic N) is 2. The molecule has 2 atom stereocenters. The molecule has 2 unspecified atom stereocenters. The molecule has 0 radical (unpaired) electrons. The molecule has 0 aliphatic rings. The third-order valence-electron chi connectivity index (χ3n) is 3.34. The van der Waals surface area contributed by atoms with Gasteiger partial charge in [-0.15, -0.1) is 0 Å². The highest BCUT2D eigenvalue weighted by molar-refractivity contribution is 5.00. The Hall–Kier alpha value is -0.830. The standard InChI is InChI=1S/C13H25N3/c1-6-11(4)12(5)16-9-14-7-13(16)8-15-10(2)3/h7,9-12,15H,6,8H2,1-5H3. The van der Waals surface area contributed by atoms with E-state index in [1.807, 2.05) is 12.5 Å². The third-order valence-corrected chi connectivity index (χ3v) is 3.34. The predicted molar refractivity (Wildman–Crippen MR) is 68.4 cm³/mol. The SMILES string of the molecule is CCC(C)C(C)n1cncc1CNC(C)C. The van der Waals surface area contributed by atoms with Gasteiger partial charge in [0.1, 0.15) is 0 Å². The van der Waals surface area contributed by atoms with Gasteiger partial charge in [0.25, 0.3) is 0 Å². The first-order valence-electron chi connectivity index (χ1n) is 6.30. The Balaban J connectivity index is 2.69. The number of hydrogen-bond donors (Lipinski definition) is 1. The van der Waals surface area contributed by atoms with E-state index in [1.54, 1.807) is 0 Å². The lowest BCUT2D eigenvalue weighted by atomic mass is 10.0. The Bertz CT molecular complexity index is 304. The second-order valence-electron chi connectivity index (χ2n) is 4.95. The molecule has 3 heteroatoms. The molecule has 1 aromatic rings. The van der Waals surface area contributed by atoms with Gasteiger partial charge in [-0.1, -0.05) is 34.1 Å². The summed E-state index contributed by atoms with van der Waals surface area (Å²) in [7, 11) is 0. The molecule has 0 aromatic carbocycles. The molecule has 0 spiro atoms. The molecule has 3 nitrogen and oxygen atoms in total. The second kappa shape index (κ2) is 6.04.